The molecule has 27 nitrogen and oxygen atoms in total. The highest BCUT2D eigenvalue weighted by Crippen LogP contribution is 2.48. The molecule has 6 fully saturated rings. The van der Waals surface area contributed by atoms with Gasteiger partial charge in [0, 0.05) is 122 Å². The number of fused-ring (bicyclic) bond motifs is 2. The van der Waals surface area contributed by atoms with E-state index in [0.717, 1.165) is 18.9 Å². The molecule has 0 bridgehead atoms. The zero-order valence-corrected chi connectivity index (χ0v) is 69.0. The number of nitrogens with zero attached hydrogens (tertiary/aromatic N) is 2. The number of thiocarbonyl (C=S) groups is 1. The van der Waals surface area contributed by atoms with Crippen molar-refractivity contribution in [2.24, 2.45) is 39.7 Å². The monoisotopic (exact) mass is 1650 g/mol. The molecular formula is C84H124F3N3O24S. The molecule has 7 heterocycles. The summed E-state index contributed by atoms with van der Waals surface area (Å²) in [6, 6.07) is 28.7. The first-order valence-electron chi connectivity index (χ1n) is 38.0. The number of carbonyl (C=O) groups is 1. The summed E-state index contributed by atoms with van der Waals surface area (Å²) < 4.78 is 137. The fourth-order valence-electron chi connectivity index (χ4n) is 13.5. The van der Waals surface area contributed by atoms with Crippen LogP contribution in [-0.4, -0.2) is 300 Å². The van der Waals surface area contributed by atoms with Gasteiger partial charge in [-0.25, -0.2) is 13.2 Å². The highest BCUT2D eigenvalue weighted by Gasteiger charge is 2.56. The van der Waals surface area contributed by atoms with Crippen LogP contribution in [0, 0.1) is 41.1 Å². The van der Waals surface area contributed by atoms with Crippen molar-refractivity contribution >= 4 is 34.8 Å². The highest BCUT2D eigenvalue weighted by molar-refractivity contribution is 7.80. The van der Waals surface area contributed by atoms with Crippen LogP contribution in [0.5, 0.6) is 0 Å². The Labute approximate surface area is 681 Å². The molecular weight excluding hydrogens is 1520 g/mol. The summed E-state index contributed by atoms with van der Waals surface area (Å²) in [7, 11) is 12.9. The molecule has 6 N–H and O–H groups in total. The van der Waals surface area contributed by atoms with Gasteiger partial charge < -0.3 is 116 Å². The van der Waals surface area contributed by atoms with Crippen molar-refractivity contribution in [3.63, 3.8) is 0 Å². The van der Waals surface area contributed by atoms with Crippen LogP contribution >= 0.6 is 12.2 Å². The maximum absolute atomic E-state index is 14.8. The summed E-state index contributed by atoms with van der Waals surface area (Å²) in [4.78, 5) is 18.0. The first-order chi connectivity index (χ1) is 55.7. The summed E-state index contributed by atoms with van der Waals surface area (Å²) in [5, 5.41) is 42.9. The third-order valence-electron chi connectivity index (χ3n) is 19.5. The summed E-state index contributed by atoms with van der Waals surface area (Å²) >= 11 is 5.57. The molecule has 0 radical (unpaired) electrons. The van der Waals surface area contributed by atoms with Gasteiger partial charge in [-0.1, -0.05) is 126 Å². The molecule has 11 rings (SSSR count). The SMILES string of the molecule is C=CC(COC)OC/C=N\O.C=CC(COC)OCC(OCC)OCC.C=CC(O)COC.COCC1CO1.COC[C@H]1OCC(CC(=S)CC(=O)c2ccccc2)(c2ccccc2F)[C@@H]1CO.COC[C@H]1OCC(N)(c2ccccc2F)[C@@H]1CO.COC[C@H]1OCC2(c3ccccc3F)COC[C@H]12.COC[C@H]1OCC2=NOC[C@@H]21. The Morgan fingerprint density at radius 2 is 1.10 bits per heavy atom. The minimum Gasteiger partial charge on any atom is -0.411 e. The number of aliphatic hydroxyl groups is 3. The fourth-order valence-corrected chi connectivity index (χ4v) is 13.9. The van der Waals surface area contributed by atoms with Crippen molar-refractivity contribution in [3.8, 4) is 0 Å². The van der Waals surface area contributed by atoms with Gasteiger partial charge in [0.1, 0.15) is 30.2 Å². The predicted octanol–water partition coefficient (Wildman–Crippen LogP) is 8.65. The molecule has 7 aliphatic rings. The minimum atomic E-state index is -1.01. The molecule has 4 aromatic carbocycles. The lowest BCUT2D eigenvalue weighted by Crippen LogP contribution is -2.48. The van der Waals surface area contributed by atoms with Gasteiger partial charge in [-0.2, -0.15) is 0 Å². The number of halogens is 3. The molecule has 4 aromatic rings. The highest BCUT2D eigenvalue weighted by atomic mass is 32.1. The number of hydrogen-bond donors (Lipinski definition) is 5. The van der Waals surface area contributed by atoms with Crippen molar-refractivity contribution in [2.45, 2.75) is 98.2 Å². The Hall–Kier alpha value is -6.29. The van der Waals surface area contributed by atoms with Gasteiger partial charge in [-0.05, 0) is 49.6 Å². The normalized spacial score (nSPS) is 25.2. The number of Topliss-reactive ketones (excluding diaryl/α,β-unsaturated/α-hetero) is 1. The number of ketones is 1. The number of nitrogens with two attached hydrogens (primary N) is 1. The average molecular weight is 1650 g/mol. The van der Waals surface area contributed by atoms with E-state index in [1.165, 1.54) is 37.6 Å². The average Bonchev–Trinajstić information content (AvgIpc) is 1.56. The lowest BCUT2D eigenvalue weighted by Gasteiger charge is -2.35. The third-order valence-corrected chi connectivity index (χ3v) is 19.8. The van der Waals surface area contributed by atoms with Crippen molar-refractivity contribution in [3.05, 3.63) is 181 Å². The Balaban J connectivity index is 0.000000289. The molecule has 0 aromatic heterocycles. The molecule has 15 atom stereocenters. The lowest BCUT2D eigenvalue weighted by molar-refractivity contribution is -0.175. The molecule has 0 saturated carbocycles. The first kappa shape index (κ1) is 101. The van der Waals surface area contributed by atoms with E-state index in [4.69, 9.17) is 114 Å². The fraction of sp³-hybridized carbons (Fsp3) is 0.595. The number of aliphatic hydroxyl groups excluding tert-OH is 3. The smallest absolute Gasteiger partial charge is 0.180 e. The van der Waals surface area contributed by atoms with E-state index in [1.807, 2.05) is 32.0 Å². The Morgan fingerprint density at radius 3 is 1.61 bits per heavy atom. The zero-order chi connectivity index (χ0) is 84.4. The molecule has 6 saturated heterocycles. The van der Waals surface area contributed by atoms with Crippen LogP contribution in [0.3, 0.4) is 0 Å². The molecule has 0 amide bonds. The van der Waals surface area contributed by atoms with E-state index in [-0.39, 0.29) is 136 Å². The number of epoxide rings is 1. The molecule has 7 aliphatic heterocycles. The van der Waals surface area contributed by atoms with E-state index in [9.17, 15) is 28.2 Å². The van der Waals surface area contributed by atoms with Gasteiger partial charge >= 0.3 is 0 Å². The molecule has 0 aliphatic carbocycles. The first-order valence-corrected chi connectivity index (χ1v) is 38.4. The number of carbonyl (C=O) groups excluding carboxylic acids is 1. The predicted molar refractivity (Wildman–Crippen MR) is 430 cm³/mol. The van der Waals surface area contributed by atoms with Gasteiger partial charge in [0.25, 0.3) is 0 Å². The van der Waals surface area contributed by atoms with E-state index in [0.29, 0.717) is 132 Å². The second kappa shape index (κ2) is 57.0. The quantitative estimate of drug-likeness (QED) is 0.00408. The zero-order valence-electron chi connectivity index (χ0n) is 68.2. The van der Waals surface area contributed by atoms with Crippen LogP contribution in [0.25, 0.3) is 0 Å². The number of methoxy groups -OCH3 is 8. The number of rotatable bonds is 39. The van der Waals surface area contributed by atoms with Crippen molar-refractivity contribution in [2.75, 3.05) is 202 Å². The van der Waals surface area contributed by atoms with Crippen LogP contribution in [-0.2, 0) is 106 Å². The molecule has 115 heavy (non-hydrogen) atoms. The molecule has 31 heteroatoms. The maximum Gasteiger partial charge on any atom is 0.180 e. The second-order valence-corrected chi connectivity index (χ2v) is 27.9. The van der Waals surface area contributed by atoms with E-state index >= 15 is 0 Å². The topological polar surface area (TPSA) is 327 Å². The van der Waals surface area contributed by atoms with E-state index in [2.05, 4.69) is 34.8 Å². The van der Waals surface area contributed by atoms with Crippen molar-refractivity contribution in [1.82, 2.24) is 0 Å². The number of hydrogen-bond acceptors (Lipinski definition) is 28. The van der Waals surface area contributed by atoms with Crippen LogP contribution in [0.4, 0.5) is 13.2 Å². The van der Waals surface area contributed by atoms with Gasteiger partial charge in [0.2, 0.25) is 0 Å². The standard InChI is InChI=1S/C23H25FO4S.C14H17FO3.C13H18FNO3.C11H22O4.C7H11NO3.C7H13NO3.C5H10O2.C4H8O2/c1-27-14-22-19(13-25)23(15-28-22,18-9-5-6-10-20(18)24)12-17(29)11-21(26)16-7-3-2-4-8-16;1-16-7-13-11-6-17-8-14(11,9-18-13)10-4-2-3-5-12(10)15;1-17-7-12-10(6-16)13(15,8-18-12)9-4-2-3-5-11(9)14;1-5-10(8-12-4)15-9-11(13-6-2)14-7-3;1-9-4-7-5-2-11-8-6(5)3-10-7;1-3-7(6-10-2)11-5-4-8-9;1-3-5(6)4-7-2;1-5-2-4-3-6-4/h2-10,19,22,25H,11-15H2,1H3;2-5,11,13H,6-9H2,1H3;2-5,10,12,16H,6-8,15H2,1H3;5,10-11H,1,6-9H2,2-4H3;5,7H,2-4H2,1H3;3-4,7,9H,1,5-6H2,2H3;3,5-6H,1,4H2,2H3;4H,2-3H2,1H3/b;;;;;8-4-;;/t19-,22-,23?;11-,13-,14?;10-,12-,13?;;5-,7+;;;/m111.0.../s1. The summed E-state index contributed by atoms with van der Waals surface area (Å²) in [6.07, 6.45) is 5.20. The number of oxime groups is 2. The van der Waals surface area contributed by atoms with E-state index in [1.54, 1.807) is 129 Å². The van der Waals surface area contributed by atoms with Gasteiger partial charge in [0.15, 0.2) is 12.1 Å². The summed E-state index contributed by atoms with van der Waals surface area (Å²) in [5.74, 6) is -1.26. The van der Waals surface area contributed by atoms with Gasteiger partial charge in [-0.15, -0.1) is 19.7 Å². The lowest BCUT2D eigenvalue weighted by atomic mass is 9.67. The van der Waals surface area contributed by atoms with E-state index < -0.39 is 23.0 Å². The Morgan fingerprint density at radius 1 is 0.591 bits per heavy atom. The minimum absolute atomic E-state index is 0.00268. The van der Waals surface area contributed by atoms with Crippen LogP contribution in [0.1, 0.15) is 53.7 Å². The van der Waals surface area contributed by atoms with Crippen LogP contribution < -0.4 is 5.73 Å². The van der Waals surface area contributed by atoms with Crippen LogP contribution in [0.15, 0.2) is 151 Å². The van der Waals surface area contributed by atoms with Gasteiger partial charge in [-0.3, -0.25) is 4.79 Å². The van der Waals surface area contributed by atoms with Gasteiger partial charge in [0.05, 0.1) is 190 Å². The van der Waals surface area contributed by atoms with Crippen molar-refractivity contribution < 1.29 is 129 Å². The molecule has 646 valence electrons. The largest absolute Gasteiger partial charge is 0.411 e. The van der Waals surface area contributed by atoms with Crippen molar-refractivity contribution in [1.29, 1.82) is 0 Å². The second-order valence-electron chi connectivity index (χ2n) is 27.3. The van der Waals surface area contributed by atoms with Crippen LogP contribution in [0.2, 0.25) is 0 Å². The summed E-state index contributed by atoms with van der Waals surface area (Å²) in [5.41, 5.74) is 7.24. The summed E-state index contributed by atoms with van der Waals surface area (Å²) in [6.45, 7) is 23.9. The Bertz CT molecular complexity index is 3400. The molecule has 7 unspecified atom stereocenters. The Kier molecular flexibility index (Phi) is 50.1. The molecule has 0 spiro atoms. The third kappa shape index (κ3) is 32.4. The number of ether oxygens (including phenoxy) is 18. The maximum atomic E-state index is 14.8. The number of benzene rings is 4.